The van der Waals surface area contributed by atoms with Crippen molar-refractivity contribution in [1.82, 2.24) is 9.97 Å². The van der Waals surface area contributed by atoms with Crippen LogP contribution in [0, 0.1) is 0 Å². The number of thioether (sulfide) groups is 1. The molecule has 0 spiro atoms. The van der Waals surface area contributed by atoms with Gasteiger partial charge in [0.05, 0.1) is 0 Å². The fourth-order valence-corrected chi connectivity index (χ4v) is 1.56. The van der Waals surface area contributed by atoms with Gasteiger partial charge in [-0.15, -0.1) is 0 Å². The van der Waals surface area contributed by atoms with Crippen LogP contribution in [0.15, 0.2) is 41.8 Å². The maximum Gasteiger partial charge on any atom is 0.187 e. The lowest BCUT2D eigenvalue weighted by Gasteiger charge is -2.01. The number of rotatable bonds is 2. The van der Waals surface area contributed by atoms with Gasteiger partial charge in [-0.2, -0.15) is 0 Å². The highest BCUT2D eigenvalue weighted by Gasteiger charge is 1.99. The molecule has 2 rings (SSSR count). The van der Waals surface area contributed by atoms with Crippen LogP contribution in [-0.4, -0.2) is 16.2 Å². The van der Waals surface area contributed by atoms with E-state index in [2.05, 4.69) is 9.97 Å². The van der Waals surface area contributed by atoms with Crippen molar-refractivity contribution >= 4 is 17.4 Å². The van der Waals surface area contributed by atoms with E-state index >= 15 is 0 Å². The zero-order chi connectivity index (χ0) is 10.7. The zero-order valence-corrected chi connectivity index (χ0v) is 9.16. The Labute approximate surface area is 92.8 Å². The first kappa shape index (κ1) is 9.98. The molecule has 0 saturated heterocycles. The van der Waals surface area contributed by atoms with Crippen molar-refractivity contribution in [2.24, 2.45) is 0 Å². The molecule has 0 amide bonds. The Bertz CT molecular complexity index is 436. The van der Waals surface area contributed by atoms with Crippen molar-refractivity contribution < 1.29 is 0 Å². The molecule has 76 valence electrons. The third kappa shape index (κ3) is 2.27. The summed E-state index contributed by atoms with van der Waals surface area (Å²) in [5.74, 6) is 0. The molecule has 0 aliphatic heterocycles. The molecule has 0 fully saturated rings. The third-order valence-corrected chi connectivity index (χ3v) is 2.63. The molecule has 0 saturated carbocycles. The van der Waals surface area contributed by atoms with Gasteiger partial charge in [0.25, 0.3) is 0 Å². The largest absolute Gasteiger partial charge is 0.399 e. The Balaban J connectivity index is 2.33. The number of nitrogens with zero attached hydrogens (tertiary/aromatic N) is 2. The molecule has 1 aromatic carbocycles. The molecule has 15 heavy (non-hydrogen) atoms. The van der Waals surface area contributed by atoms with Gasteiger partial charge >= 0.3 is 0 Å². The van der Waals surface area contributed by atoms with Crippen LogP contribution in [-0.2, 0) is 0 Å². The Morgan fingerprint density at radius 1 is 1.00 bits per heavy atom. The van der Waals surface area contributed by atoms with Gasteiger partial charge in [-0.25, -0.2) is 9.97 Å². The highest BCUT2D eigenvalue weighted by Crippen LogP contribution is 2.19. The van der Waals surface area contributed by atoms with Crippen LogP contribution in [0.2, 0.25) is 0 Å². The van der Waals surface area contributed by atoms with E-state index in [9.17, 15) is 0 Å². The number of nitrogen functional groups attached to an aromatic ring is 1. The maximum absolute atomic E-state index is 5.62. The Hall–Kier alpha value is -1.55. The van der Waals surface area contributed by atoms with Crippen LogP contribution in [0.1, 0.15) is 0 Å². The second kappa shape index (κ2) is 4.31. The minimum Gasteiger partial charge on any atom is -0.399 e. The van der Waals surface area contributed by atoms with Gasteiger partial charge in [-0.05, 0) is 24.0 Å². The lowest BCUT2D eigenvalue weighted by atomic mass is 10.1. The van der Waals surface area contributed by atoms with Crippen LogP contribution < -0.4 is 5.73 Å². The molecular weight excluding hydrogens is 206 g/mol. The number of hydrogen-bond acceptors (Lipinski definition) is 4. The van der Waals surface area contributed by atoms with E-state index in [1.807, 2.05) is 42.9 Å². The van der Waals surface area contributed by atoms with Gasteiger partial charge < -0.3 is 5.73 Å². The molecule has 3 nitrogen and oxygen atoms in total. The van der Waals surface area contributed by atoms with Gasteiger partial charge in [0.2, 0.25) is 0 Å². The Kier molecular flexibility index (Phi) is 2.87. The van der Waals surface area contributed by atoms with Crippen LogP contribution in [0.5, 0.6) is 0 Å². The van der Waals surface area contributed by atoms with Crippen LogP contribution >= 0.6 is 11.8 Å². The molecule has 2 N–H and O–H groups in total. The van der Waals surface area contributed by atoms with Crippen molar-refractivity contribution in [2.75, 3.05) is 12.0 Å². The van der Waals surface area contributed by atoms with Crippen molar-refractivity contribution in [3.05, 3.63) is 36.7 Å². The Morgan fingerprint density at radius 2 is 1.60 bits per heavy atom. The predicted octanol–water partition coefficient (Wildman–Crippen LogP) is 2.45. The lowest BCUT2D eigenvalue weighted by molar-refractivity contribution is 0.973. The van der Waals surface area contributed by atoms with E-state index in [-0.39, 0.29) is 0 Å². The fourth-order valence-electron chi connectivity index (χ4n) is 1.25. The van der Waals surface area contributed by atoms with Gasteiger partial charge in [0, 0.05) is 23.6 Å². The molecule has 2 aromatic rings. The first-order valence-corrected chi connectivity index (χ1v) is 5.74. The number of benzene rings is 1. The molecule has 0 unspecified atom stereocenters. The third-order valence-electron chi connectivity index (χ3n) is 2.05. The standard InChI is InChI=1S/C11H11N3S/c1-15-11-13-6-9(7-14-11)8-2-4-10(12)5-3-8/h2-7H,12H2,1H3. The zero-order valence-electron chi connectivity index (χ0n) is 8.34. The summed E-state index contributed by atoms with van der Waals surface area (Å²) < 4.78 is 0. The summed E-state index contributed by atoms with van der Waals surface area (Å²) in [5.41, 5.74) is 8.47. The molecular formula is C11H11N3S. The normalized spacial score (nSPS) is 10.2. The Morgan fingerprint density at radius 3 is 2.13 bits per heavy atom. The van der Waals surface area contributed by atoms with Crippen LogP contribution in [0.25, 0.3) is 11.1 Å². The fraction of sp³-hybridized carbons (Fsp3) is 0.0909. The first-order valence-electron chi connectivity index (χ1n) is 4.51. The predicted molar refractivity (Wildman–Crippen MR) is 63.7 cm³/mol. The summed E-state index contributed by atoms with van der Waals surface area (Å²) in [6.07, 6.45) is 5.60. The van der Waals surface area contributed by atoms with E-state index in [0.29, 0.717) is 0 Å². The number of anilines is 1. The van der Waals surface area contributed by atoms with E-state index in [4.69, 9.17) is 5.73 Å². The topological polar surface area (TPSA) is 51.8 Å². The van der Waals surface area contributed by atoms with Crippen LogP contribution in [0.4, 0.5) is 5.69 Å². The lowest BCUT2D eigenvalue weighted by Crippen LogP contribution is -1.88. The monoisotopic (exact) mass is 217 g/mol. The first-order chi connectivity index (χ1) is 7.29. The quantitative estimate of drug-likeness (QED) is 0.477. The molecule has 1 heterocycles. The van der Waals surface area contributed by atoms with Gasteiger partial charge in [-0.3, -0.25) is 0 Å². The van der Waals surface area contributed by atoms with E-state index < -0.39 is 0 Å². The molecule has 0 aliphatic rings. The van der Waals surface area contributed by atoms with Crippen molar-refractivity contribution in [3.8, 4) is 11.1 Å². The SMILES string of the molecule is CSc1ncc(-c2ccc(N)cc2)cn1. The van der Waals surface area contributed by atoms with E-state index in [1.165, 1.54) is 11.8 Å². The average Bonchev–Trinajstić information content (AvgIpc) is 2.30. The second-order valence-corrected chi connectivity index (χ2v) is 3.85. The summed E-state index contributed by atoms with van der Waals surface area (Å²) in [7, 11) is 0. The summed E-state index contributed by atoms with van der Waals surface area (Å²) in [6.45, 7) is 0. The minimum absolute atomic E-state index is 0.764. The van der Waals surface area contributed by atoms with E-state index in [0.717, 1.165) is 22.0 Å². The number of hydrogen-bond donors (Lipinski definition) is 1. The molecule has 4 heteroatoms. The number of nitrogens with two attached hydrogens (primary N) is 1. The van der Waals surface area contributed by atoms with Gasteiger partial charge in [0.1, 0.15) is 0 Å². The summed E-state index contributed by atoms with van der Waals surface area (Å²) in [5, 5.41) is 0.786. The highest BCUT2D eigenvalue weighted by molar-refractivity contribution is 7.98. The van der Waals surface area contributed by atoms with Crippen molar-refractivity contribution in [3.63, 3.8) is 0 Å². The highest BCUT2D eigenvalue weighted by atomic mass is 32.2. The maximum atomic E-state index is 5.62. The molecule has 0 bridgehead atoms. The smallest absolute Gasteiger partial charge is 0.187 e. The van der Waals surface area contributed by atoms with Gasteiger partial charge in [0.15, 0.2) is 5.16 Å². The van der Waals surface area contributed by atoms with Gasteiger partial charge in [-0.1, -0.05) is 23.9 Å². The number of aromatic nitrogens is 2. The minimum atomic E-state index is 0.764. The molecule has 1 aromatic heterocycles. The second-order valence-electron chi connectivity index (χ2n) is 3.08. The summed E-state index contributed by atoms with van der Waals surface area (Å²) in [4.78, 5) is 8.43. The molecule has 0 aliphatic carbocycles. The van der Waals surface area contributed by atoms with Crippen molar-refractivity contribution in [1.29, 1.82) is 0 Å². The summed E-state index contributed by atoms with van der Waals surface area (Å²) in [6, 6.07) is 7.68. The van der Waals surface area contributed by atoms with Crippen LogP contribution in [0.3, 0.4) is 0 Å². The van der Waals surface area contributed by atoms with Crippen molar-refractivity contribution in [2.45, 2.75) is 5.16 Å². The molecule has 0 atom stereocenters. The summed E-state index contributed by atoms with van der Waals surface area (Å²) >= 11 is 1.53. The average molecular weight is 217 g/mol. The van der Waals surface area contributed by atoms with E-state index in [1.54, 1.807) is 0 Å². The molecule has 0 radical (unpaired) electrons.